The Hall–Kier alpha value is -5.61. The number of halogens is 1. The van der Waals surface area contributed by atoms with E-state index in [1.165, 1.54) is 39.5 Å². The summed E-state index contributed by atoms with van der Waals surface area (Å²) in [6, 6.07) is 23.9. The van der Waals surface area contributed by atoms with Crippen LogP contribution in [0.4, 0.5) is 17.1 Å². The number of amides is 2. The van der Waals surface area contributed by atoms with Crippen molar-refractivity contribution in [3.63, 3.8) is 0 Å². The number of carbonyl (C=O) groups is 3. The third-order valence-corrected chi connectivity index (χ3v) is 7.02. The Balaban J connectivity index is 1.45. The lowest BCUT2D eigenvalue weighted by atomic mass is 9.89. The number of carbonyl (C=O) groups excluding carboxylic acids is 3. The molecule has 0 aromatic heterocycles. The topological polar surface area (TPSA) is 127 Å². The number of benzene rings is 4. The van der Waals surface area contributed by atoms with Gasteiger partial charge in [-0.3, -0.25) is 19.8 Å². The van der Waals surface area contributed by atoms with Crippen molar-refractivity contribution in [2.75, 3.05) is 37.4 Å². The summed E-state index contributed by atoms with van der Waals surface area (Å²) in [5.41, 5.74) is 5.41. The number of rotatable bonds is 9. The standard InChI is InChI=1S/C33H27ClN4O6/c1-42-27-14-13-20(32(40)35-21-10-5-4-6-11-21)16-26(27)37-38-30-22-12-8-7-9-19(22)15-23(31(30)39)33(41)36-25-18-28(43-2)24(34)17-29(25)44-3/h4-18,37H,1-3H3,(H,35,40)(H,36,41)/b38-30-. The van der Waals surface area contributed by atoms with Crippen LogP contribution < -0.4 is 30.3 Å². The van der Waals surface area contributed by atoms with Gasteiger partial charge in [0.2, 0.25) is 5.78 Å². The van der Waals surface area contributed by atoms with E-state index in [1.54, 1.807) is 54.6 Å². The molecule has 0 fully saturated rings. The van der Waals surface area contributed by atoms with E-state index in [0.717, 1.165) is 0 Å². The number of nitrogens with one attached hydrogen (secondary N) is 3. The van der Waals surface area contributed by atoms with Crippen LogP contribution in [0.25, 0.3) is 6.08 Å². The first-order valence-corrected chi connectivity index (χ1v) is 13.7. The molecule has 2 amide bonds. The molecule has 0 aliphatic heterocycles. The third kappa shape index (κ3) is 6.25. The molecule has 44 heavy (non-hydrogen) atoms. The molecule has 0 saturated heterocycles. The average Bonchev–Trinajstić information content (AvgIpc) is 3.04. The summed E-state index contributed by atoms with van der Waals surface area (Å²) in [6.45, 7) is 0. The van der Waals surface area contributed by atoms with Crippen molar-refractivity contribution in [2.45, 2.75) is 0 Å². The fourth-order valence-corrected chi connectivity index (χ4v) is 4.75. The second kappa shape index (κ2) is 13.1. The van der Waals surface area contributed by atoms with Crippen molar-refractivity contribution in [3.05, 3.63) is 112 Å². The van der Waals surface area contributed by atoms with Crippen LogP contribution in [0.5, 0.6) is 17.2 Å². The number of hydrogen-bond donors (Lipinski definition) is 3. The van der Waals surface area contributed by atoms with E-state index in [1.807, 2.05) is 18.2 Å². The number of nitrogens with zero attached hydrogens (tertiary/aromatic N) is 1. The van der Waals surface area contributed by atoms with E-state index in [0.29, 0.717) is 44.6 Å². The molecule has 4 aromatic rings. The highest BCUT2D eigenvalue weighted by molar-refractivity contribution is 6.59. The lowest BCUT2D eigenvalue weighted by Crippen LogP contribution is -2.30. The van der Waals surface area contributed by atoms with Gasteiger partial charge in [0.25, 0.3) is 11.8 Å². The summed E-state index contributed by atoms with van der Waals surface area (Å²) >= 11 is 6.20. The van der Waals surface area contributed by atoms with E-state index in [9.17, 15) is 14.4 Å². The first-order valence-electron chi connectivity index (χ1n) is 13.3. The number of para-hydroxylation sites is 1. The monoisotopic (exact) mass is 610 g/mol. The molecular weight excluding hydrogens is 584 g/mol. The van der Waals surface area contributed by atoms with Crippen LogP contribution >= 0.6 is 11.6 Å². The molecule has 10 nitrogen and oxygen atoms in total. The maximum Gasteiger partial charge on any atom is 0.259 e. The van der Waals surface area contributed by atoms with Gasteiger partial charge in [0.05, 0.1) is 43.3 Å². The minimum Gasteiger partial charge on any atom is -0.495 e. The Bertz CT molecular complexity index is 1820. The molecule has 0 saturated carbocycles. The van der Waals surface area contributed by atoms with Gasteiger partial charge in [0.1, 0.15) is 23.0 Å². The fraction of sp³-hybridized carbons (Fsp3) is 0.0909. The minimum absolute atomic E-state index is 0.00454. The van der Waals surface area contributed by atoms with Crippen LogP contribution in [-0.2, 0) is 9.59 Å². The normalized spacial score (nSPS) is 13.0. The van der Waals surface area contributed by atoms with E-state index in [2.05, 4.69) is 21.2 Å². The van der Waals surface area contributed by atoms with Crippen molar-refractivity contribution in [1.29, 1.82) is 0 Å². The van der Waals surface area contributed by atoms with Crippen molar-refractivity contribution in [1.82, 2.24) is 0 Å². The largest absolute Gasteiger partial charge is 0.495 e. The second-order valence-electron chi connectivity index (χ2n) is 9.42. The predicted molar refractivity (Wildman–Crippen MR) is 170 cm³/mol. The zero-order chi connectivity index (χ0) is 31.2. The van der Waals surface area contributed by atoms with Crippen LogP contribution in [0.3, 0.4) is 0 Å². The average molecular weight is 611 g/mol. The van der Waals surface area contributed by atoms with Gasteiger partial charge in [-0.25, -0.2) is 0 Å². The molecule has 0 heterocycles. The van der Waals surface area contributed by atoms with Crippen LogP contribution in [0.15, 0.2) is 95.6 Å². The number of methoxy groups -OCH3 is 3. The van der Waals surface area contributed by atoms with Crippen molar-refractivity contribution >= 4 is 58.0 Å². The summed E-state index contributed by atoms with van der Waals surface area (Å²) in [5.74, 6) is -0.656. The molecule has 1 aliphatic carbocycles. The quantitative estimate of drug-likeness (QED) is 0.156. The predicted octanol–water partition coefficient (Wildman–Crippen LogP) is 6.04. The van der Waals surface area contributed by atoms with E-state index in [4.69, 9.17) is 25.8 Å². The zero-order valence-electron chi connectivity index (χ0n) is 23.9. The van der Waals surface area contributed by atoms with Gasteiger partial charge in [0.15, 0.2) is 0 Å². The number of hydrogen-bond acceptors (Lipinski definition) is 8. The molecule has 0 spiro atoms. The minimum atomic E-state index is -0.683. The number of Topliss-reactive ketones (excluding diaryl/α,β-unsaturated/α-hetero) is 1. The molecule has 5 rings (SSSR count). The number of hydrazone groups is 1. The molecule has 222 valence electrons. The van der Waals surface area contributed by atoms with Crippen LogP contribution in [0, 0.1) is 0 Å². The lowest BCUT2D eigenvalue weighted by molar-refractivity contribution is -0.116. The van der Waals surface area contributed by atoms with Gasteiger partial charge in [-0.05, 0) is 42.0 Å². The Morgan fingerprint density at radius 2 is 1.43 bits per heavy atom. The fourth-order valence-electron chi connectivity index (χ4n) is 4.51. The van der Waals surface area contributed by atoms with Crippen molar-refractivity contribution in [3.8, 4) is 17.2 Å². The second-order valence-corrected chi connectivity index (χ2v) is 9.83. The summed E-state index contributed by atoms with van der Waals surface area (Å²) < 4.78 is 16.1. The summed E-state index contributed by atoms with van der Waals surface area (Å²) in [4.78, 5) is 40.1. The number of ketones is 1. The molecular formula is C33H27ClN4O6. The number of anilines is 3. The lowest BCUT2D eigenvalue weighted by Gasteiger charge is -2.19. The highest BCUT2D eigenvalue weighted by Crippen LogP contribution is 2.36. The van der Waals surface area contributed by atoms with Gasteiger partial charge in [0, 0.05) is 28.9 Å². The zero-order valence-corrected chi connectivity index (χ0v) is 24.7. The van der Waals surface area contributed by atoms with E-state index < -0.39 is 11.7 Å². The van der Waals surface area contributed by atoms with Gasteiger partial charge in [-0.15, -0.1) is 0 Å². The molecule has 0 bridgehead atoms. The first-order chi connectivity index (χ1) is 21.3. The Kier molecular flexibility index (Phi) is 8.92. The van der Waals surface area contributed by atoms with Gasteiger partial charge >= 0.3 is 0 Å². The maximum absolute atomic E-state index is 13.7. The Morgan fingerprint density at radius 3 is 2.16 bits per heavy atom. The van der Waals surface area contributed by atoms with Crippen LogP contribution in [0.1, 0.15) is 21.5 Å². The maximum atomic E-state index is 13.7. The van der Waals surface area contributed by atoms with Crippen molar-refractivity contribution < 1.29 is 28.6 Å². The Morgan fingerprint density at radius 1 is 0.727 bits per heavy atom. The molecule has 11 heteroatoms. The smallest absolute Gasteiger partial charge is 0.259 e. The first kappa shape index (κ1) is 29.9. The third-order valence-electron chi connectivity index (χ3n) is 6.72. The molecule has 1 aliphatic rings. The molecule has 3 N–H and O–H groups in total. The molecule has 0 atom stereocenters. The number of fused-ring (bicyclic) bond motifs is 1. The van der Waals surface area contributed by atoms with E-state index >= 15 is 0 Å². The Labute approximate surface area is 258 Å². The van der Waals surface area contributed by atoms with Crippen LogP contribution in [-0.4, -0.2) is 44.6 Å². The van der Waals surface area contributed by atoms with E-state index in [-0.39, 0.29) is 28.6 Å². The van der Waals surface area contributed by atoms with Crippen molar-refractivity contribution in [2.24, 2.45) is 5.10 Å². The highest BCUT2D eigenvalue weighted by atomic mass is 35.5. The molecule has 0 radical (unpaired) electrons. The highest BCUT2D eigenvalue weighted by Gasteiger charge is 2.31. The van der Waals surface area contributed by atoms with Gasteiger partial charge in [-0.1, -0.05) is 54.1 Å². The summed E-state index contributed by atoms with van der Waals surface area (Å²) in [7, 11) is 4.35. The number of ether oxygens (including phenoxy) is 3. The van der Waals surface area contributed by atoms with Crippen LogP contribution in [0.2, 0.25) is 5.02 Å². The summed E-state index contributed by atoms with van der Waals surface area (Å²) in [6.07, 6.45) is 1.50. The van der Waals surface area contributed by atoms with Gasteiger partial charge < -0.3 is 24.8 Å². The van der Waals surface area contributed by atoms with Gasteiger partial charge in [-0.2, -0.15) is 5.10 Å². The molecule has 4 aromatic carbocycles. The molecule has 0 unspecified atom stereocenters. The summed E-state index contributed by atoms with van der Waals surface area (Å²) in [5, 5.41) is 10.2. The SMILES string of the molecule is COc1cc(NC(=O)C2=Cc3ccccc3/C(=N/Nc3cc(C(=O)Nc4ccccc4)ccc3OC)C2=O)c(OC)cc1Cl.